The quantitative estimate of drug-likeness (QED) is 0.233. The molecule has 6 nitrogen and oxygen atoms in total. The summed E-state index contributed by atoms with van der Waals surface area (Å²) in [5.74, 6) is 0.492. The van der Waals surface area contributed by atoms with E-state index >= 15 is 0 Å². The summed E-state index contributed by atoms with van der Waals surface area (Å²) in [5, 5.41) is 13.4. The Bertz CT molecular complexity index is 1050. The molecule has 1 atom stereocenters. The third-order valence-corrected chi connectivity index (χ3v) is 8.69. The summed E-state index contributed by atoms with van der Waals surface area (Å²) < 4.78 is 10.6. The number of rotatable bonds is 13. The lowest BCUT2D eigenvalue weighted by atomic mass is 9.74. The molecule has 1 unspecified atom stereocenters. The van der Waals surface area contributed by atoms with Crippen molar-refractivity contribution in [1.29, 1.82) is 0 Å². The van der Waals surface area contributed by atoms with Gasteiger partial charge in [0, 0.05) is 23.3 Å². The first-order valence-electron chi connectivity index (χ1n) is 13.3. The molecule has 0 spiro atoms. The highest BCUT2D eigenvalue weighted by molar-refractivity contribution is 7.14. The maximum atomic E-state index is 12.9. The van der Waals surface area contributed by atoms with E-state index in [-0.39, 0.29) is 29.3 Å². The topological polar surface area (TPSA) is 84.9 Å². The number of hydrogen-bond donors (Lipinski definition) is 2. The van der Waals surface area contributed by atoms with Crippen LogP contribution >= 0.6 is 11.3 Å². The van der Waals surface area contributed by atoms with Gasteiger partial charge < -0.3 is 19.9 Å². The third kappa shape index (κ3) is 7.81. The molecule has 7 heteroatoms. The number of ether oxygens (including phenoxy) is 2. The molecule has 0 saturated carbocycles. The number of aliphatic hydroxyl groups excluding tert-OH is 1. The number of carbonyl (C=O) groups excluding carboxylic acids is 2. The highest BCUT2D eigenvalue weighted by Gasteiger charge is 2.34. The van der Waals surface area contributed by atoms with Crippen LogP contribution < -0.4 is 10.1 Å². The molecule has 0 aliphatic carbocycles. The van der Waals surface area contributed by atoms with Gasteiger partial charge in [-0.05, 0) is 73.8 Å². The minimum atomic E-state index is -0.552. The third-order valence-electron chi connectivity index (χ3n) is 7.25. The van der Waals surface area contributed by atoms with E-state index in [1.54, 1.807) is 11.3 Å². The van der Waals surface area contributed by atoms with Gasteiger partial charge >= 0.3 is 5.97 Å². The van der Waals surface area contributed by atoms with Crippen LogP contribution in [0.5, 0.6) is 5.75 Å². The Hall–Kier alpha value is -2.38. The molecule has 0 aliphatic rings. The number of carbonyl (C=O) groups is 2. The van der Waals surface area contributed by atoms with Crippen molar-refractivity contribution in [1.82, 2.24) is 5.32 Å². The van der Waals surface area contributed by atoms with Crippen LogP contribution in [-0.4, -0.2) is 43.3 Å². The number of aryl methyl sites for hydroxylation is 2. The minimum absolute atomic E-state index is 0.0646. The molecule has 0 bridgehead atoms. The first-order valence-corrected chi connectivity index (χ1v) is 14.1. The molecule has 1 aromatic heterocycles. The summed E-state index contributed by atoms with van der Waals surface area (Å²) in [6, 6.07) is 8.46. The number of nitrogens with one attached hydrogen (secondary N) is 1. The van der Waals surface area contributed by atoms with Crippen molar-refractivity contribution in [2.45, 2.75) is 92.1 Å². The van der Waals surface area contributed by atoms with E-state index in [2.05, 4.69) is 42.1 Å². The molecule has 0 aliphatic heterocycles. The van der Waals surface area contributed by atoms with Gasteiger partial charge in [-0.1, -0.05) is 46.8 Å². The van der Waals surface area contributed by atoms with E-state index in [1.165, 1.54) is 17.6 Å². The van der Waals surface area contributed by atoms with Crippen molar-refractivity contribution >= 4 is 23.2 Å². The summed E-state index contributed by atoms with van der Waals surface area (Å²) in [6.07, 6.45) is 3.03. The number of hydrogen-bond acceptors (Lipinski definition) is 6. The van der Waals surface area contributed by atoms with E-state index < -0.39 is 6.10 Å². The Labute approximate surface area is 226 Å². The summed E-state index contributed by atoms with van der Waals surface area (Å²) in [5.41, 5.74) is 2.77. The van der Waals surface area contributed by atoms with Crippen LogP contribution in [-0.2, 0) is 14.9 Å². The van der Waals surface area contributed by atoms with E-state index in [4.69, 9.17) is 4.74 Å². The number of thiophene rings is 1. The van der Waals surface area contributed by atoms with Crippen molar-refractivity contribution in [3.05, 3.63) is 50.7 Å². The van der Waals surface area contributed by atoms with Crippen LogP contribution in [0.25, 0.3) is 0 Å². The highest BCUT2D eigenvalue weighted by atomic mass is 32.1. The lowest BCUT2D eigenvalue weighted by Crippen LogP contribution is -2.32. The Balaban J connectivity index is 2.20. The van der Waals surface area contributed by atoms with Gasteiger partial charge in [0.25, 0.3) is 5.91 Å². The molecule has 1 heterocycles. The van der Waals surface area contributed by atoms with Gasteiger partial charge in [-0.3, -0.25) is 9.59 Å². The lowest BCUT2D eigenvalue weighted by molar-refractivity contribution is -0.140. The van der Waals surface area contributed by atoms with Crippen molar-refractivity contribution < 1.29 is 24.2 Å². The molecular weight excluding hydrogens is 486 g/mol. The van der Waals surface area contributed by atoms with E-state index in [0.717, 1.165) is 41.0 Å². The smallest absolute Gasteiger partial charge is 0.305 e. The van der Waals surface area contributed by atoms with Crippen LogP contribution in [0.1, 0.15) is 98.0 Å². The largest absolute Gasteiger partial charge is 0.491 e. The fourth-order valence-electron chi connectivity index (χ4n) is 4.40. The second kappa shape index (κ2) is 13.4. The van der Waals surface area contributed by atoms with Gasteiger partial charge in [0.1, 0.15) is 12.4 Å². The molecule has 1 amide bonds. The van der Waals surface area contributed by atoms with Crippen LogP contribution in [0.2, 0.25) is 0 Å². The van der Waals surface area contributed by atoms with Gasteiger partial charge in [-0.15, -0.1) is 11.3 Å². The average Bonchev–Trinajstić information content (AvgIpc) is 3.25. The predicted octanol–water partition coefficient (Wildman–Crippen LogP) is 6.33. The second-order valence-corrected chi connectivity index (χ2v) is 11.9. The van der Waals surface area contributed by atoms with Crippen LogP contribution in [0.4, 0.5) is 0 Å². The van der Waals surface area contributed by atoms with Crippen molar-refractivity contribution in [3.8, 4) is 5.75 Å². The summed E-state index contributed by atoms with van der Waals surface area (Å²) in [6.45, 7) is 15.2. The number of methoxy groups -OCH3 is 1. The van der Waals surface area contributed by atoms with Gasteiger partial charge in [0.15, 0.2) is 0 Å². The summed E-state index contributed by atoms with van der Waals surface area (Å²) in [7, 11) is 1.39. The molecule has 0 radical (unpaired) electrons. The average molecular weight is 532 g/mol. The maximum Gasteiger partial charge on any atom is 0.305 e. The summed E-state index contributed by atoms with van der Waals surface area (Å²) >= 11 is 1.57. The Kier molecular flexibility index (Phi) is 11.2. The first-order chi connectivity index (χ1) is 17.4. The Morgan fingerprint density at radius 1 is 1.05 bits per heavy atom. The van der Waals surface area contributed by atoms with Gasteiger partial charge in [-0.2, -0.15) is 0 Å². The molecular formula is C30H45NO5S. The number of amides is 1. The van der Waals surface area contributed by atoms with Crippen LogP contribution in [0.3, 0.4) is 0 Å². The van der Waals surface area contributed by atoms with Gasteiger partial charge in [0.2, 0.25) is 0 Å². The molecule has 1 aromatic carbocycles. The van der Waals surface area contributed by atoms with Crippen molar-refractivity contribution in [2.24, 2.45) is 5.41 Å². The fraction of sp³-hybridized carbons (Fsp3) is 0.600. The molecule has 0 saturated heterocycles. The van der Waals surface area contributed by atoms with Crippen molar-refractivity contribution in [2.75, 3.05) is 20.3 Å². The number of benzene rings is 1. The second-order valence-electron chi connectivity index (χ2n) is 10.9. The monoisotopic (exact) mass is 531 g/mol. The van der Waals surface area contributed by atoms with E-state index in [1.807, 2.05) is 40.7 Å². The fourth-order valence-corrected chi connectivity index (χ4v) is 5.84. The highest BCUT2D eigenvalue weighted by Crippen LogP contribution is 2.44. The van der Waals surface area contributed by atoms with Crippen LogP contribution in [0.15, 0.2) is 24.3 Å². The SMILES string of the molecule is CCC(CC)(c1ccc(OCC(O)C(C)(C)C)c(C)c1)c1cc(C)c(C(=O)NCCCCC(=O)OC)s1. The zero-order valence-electron chi connectivity index (χ0n) is 23.8. The Morgan fingerprint density at radius 3 is 2.30 bits per heavy atom. The van der Waals surface area contributed by atoms with Gasteiger partial charge in [0.05, 0.1) is 18.1 Å². The van der Waals surface area contributed by atoms with E-state index in [9.17, 15) is 14.7 Å². The van der Waals surface area contributed by atoms with Crippen LogP contribution in [0, 0.1) is 19.3 Å². The number of esters is 1. The molecule has 2 aromatic rings. The molecule has 37 heavy (non-hydrogen) atoms. The molecule has 2 rings (SSSR count). The van der Waals surface area contributed by atoms with E-state index in [0.29, 0.717) is 19.4 Å². The zero-order chi connectivity index (χ0) is 27.8. The number of aliphatic hydroxyl groups is 1. The standard InChI is InChI=1S/C30H45NO5S/c1-9-30(10-2,22-14-15-23(20(3)17-22)36-19-24(32)29(5,6)7)25-18-21(4)27(37-25)28(34)31-16-12-11-13-26(33)35-8/h14-15,17-18,24,32H,9-13,16,19H2,1-8H3,(H,31,34). The molecule has 206 valence electrons. The Morgan fingerprint density at radius 2 is 1.73 bits per heavy atom. The predicted molar refractivity (Wildman–Crippen MR) is 151 cm³/mol. The zero-order valence-corrected chi connectivity index (χ0v) is 24.6. The minimum Gasteiger partial charge on any atom is -0.491 e. The molecule has 2 N–H and O–H groups in total. The first kappa shape index (κ1) is 30.8. The van der Waals surface area contributed by atoms with Crippen molar-refractivity contribution in [3.63, 3.8) is 0 Å². The lowest BCUT2D eigenvalue weighted by Gasteiger charge is -2.32. The van der Waals surface area contributed by atoms with Gasteiger partial charge in [-0.25, -0.2) is 0 Å². The maximum absolute atomic E-state index is 12.9. The summed E-state index contributed by atoms with van der Waals surface area (Å²) in [4.78, 5) is 26.1. The molecule has 0 fully saturated rings. The number of unbranched alkanes of at least 4 members (excludes halogenated alkanes) is 1. The normalized spacial score (nSPS) is 12.8.